The zero-order valence-electron chi connectivity index (χ0n) is 12.6. The molecule has 3 aromatic rings. The second-order valence-corrected chi connectivity index (χ2v) is 7.13. The van der Waals surface area contributed by atoms with Crippen molar-refractivity contribution in [2.75, 3.05) is 0 Å². The van der Waals surface area contributed by atoms with E-state index in [1.165, 1.54) is 36.0 Å². The number of hydrogen-bond donors (Lipinski definition) is 0. The van der Waals surface area contributed by atoms with Crippen LogP contribution in [-0.2, 0) is 0 Å². The molecule has 1 atom stereocenters. The molecule has 0 saturated heterocycles. The first-order valence-corrected chi connectivity index (χ1v) is 8.76. The first kappa shape index (κ1) is 16.9. The van der Waals surface area contributed by atoms with E-state index in [1.807, 2.05) is 24.3 Å². The van der Waals surface area contributed by atoms with E-state index in [-0.39, 0.29) is 11.6 Å². The maximum Gasteiger partial charge on any atom is 0.277 e. The van der Waals surface area contributed by atoms with Crippen LogP contribution in [0.25, 0.3) is 11.5 Å². The molecule has 3 rings (SSSR count). The Kier molecular flexibility index (Phi) is 5.11. The lowest BCUT2D eigenvalue weighted by atomic mass is 10.1. The van der Waals surface area contributed by atoms with E-state index in [0.717, 1.165) is 10.0 Å². The fourth-order valence-electron chi connectivity index (χ4n) is 2.05. The van der Waals surface area contributed by atoms with Crippen molar-refractivity contribution < 1.29 is 13.6 Å². The molecule has 0 spiro atoms. The van der Waals surface area contributed by atoms with Crippen molar-refractivity contribution >= 4 is 33.5 Å². The summed E-state index contributed by atoms with van der Waals surface area (Å²) >= 11 is 4.61. The molecule has 0 radical (unpaired) electrons. The maximum absolute atomic E-state index is 12.9. The van der Waals surface area contributed by atoms with Crippen LogP contribution in [0.4, 0.5) is 4.39 Å². The van der Waals surface area contributed by atoms with Gasteiger partial charge in [-0.1, -0.05) is 23.9 Å². The first-order valence-electron chi connectivity index (χ1n) is 7.09. The Morgan fingerprint density at radius 3 is 2.58 bits per heavy atom. The Morgan fingerprint density at radius 2 is 1.88 bits per heavy atom. The summed E-state index contributed by atoms with van der Waals surface area (Å²) in [6.45, 7) is 1.75. The SMILES string of the molecule is C[C@@H](Sc1nnc(-c2ccccc2Br)o1)C(=O)c1ccc(F)cc1. The van der Waals surface area contributed by atoms with Crippen LogP contribution in [0.2, 0.25) is 0 Å². The maximum atomic E-state index is 12.9. The third-order valence-electron chi connectivity index (χ3n) is 3.29. The zero-order chi connectivity index (χ0) is 17.1. The van der Waals surface area contributed by atoms with Crippen molar-refractivity contribution in [2.24, 2.45) is 0 Å². The number of carbonyl (C=O) groups is 1. The first-order chi connectivity index (χ1) is 11.5. The van der Waals surface area contributed by atoms with Gasteiger partial charge in [-0.05, 0) is 59.3 Å². The average Bonchev–Trinajstić information content (AvgIpc) is 3.03. The number of hydrogen-bond acceptors (Lipinski definition) is 5. The summed E-state index contributed by atoms with van der Waals surface area (Å²) in [4.78, 5) is 12.4. The summed E-state index contributed by atoms with van der Waals surface area (Å²) in [7, 11) is 0. The molecule has 1 aromatic heterocycles. The average molecular weight is 407 g/mol. The van der Waals surface area contributed by atoms with Gasteiger partial charge in [0.05, 0.1) is 10.8 Å². The Morgan fingerprint density at radius 1 is 1.17 bits per heavy atom. The van der Waals surface area contributed by atoms with Crippen molar-refractivity contribution in [3.05, 3.63) is 64.4 Å². The van der Waals surface area contributed by atoms with Crippen LogP contribution >= 0.6 is 27.7 Å². The molecule has 0 bridgehead atoms. The van der Waals surface area contributed by atoms with Gasteiger partial charge in [-0.3, -0.25) is 4.79 Å². The monoisotopic (exact) mass is 406 g/mol. The molecule has 122 valence electrons. The topological polar surface area (TPSA) is 56.0 Å². The molecule has 7 heteroatoms. The van der Waals surface area contributed by atoms with E-state index < -0.39 is 5.25 Å². The van der Waals surface area contributed by atoms with Crippen molar-refractivity contribution in [2.45, 2.75) is 17.4 Å². The Labute approximate surface area is 150 Å². The standard InChI is InChI=1S/C17H12BrFN2O2S/c1-10(15(22)11-6-8-12(19)9-7-11)24-17-21-20-16(23-17)13-4-2-3-5-14(13)18/h2-10H,1H3/t10-/m1/s1. The molecule has 0 N–H and O–H groups in total. The number of rotatable bonds is 5. The lowest BCUT2D eigenvalue weighted by Gasteiger charge is -2.07. The van der Waals surface area contributed by atoms with Crippen LogP contribution < -0.4 is 0 Å². The van der Waals surface area contributed by atoms with Gasteiger partial charge in [-0.2, -0.15) is 0 Å². The predicted octanol–water partition coefficient (Wildman–Crippen LogP) is 5.00. The summed E-state index contributed by atoms with van der Waals surface area (Å²) in [5.74, 6) is -0.117. The Hall–Kier alpha value is -1.99. The third-order valence-corrected chi connectivity index (χ3v) is 4.91. The molecule has 4 nitrogen and oxygen atoms in total. The van der Waals surface area contributed by atoms with E-state index in [4.69, 9.17) is 4.42 Å². The van der Waals surface area contributed by atoms with Crippen LogP contribution in [0.3, 0.4) is 0 Å². The minimum atomic E-state index is -0.428. The highest BCUT2D eigenvalue weighted by atomic mass is 79.9. The molecule has 0 aliphatic rings. The fourth-order valence-corrected chi connectivity index (χ4v) is 3.27. The molecular weight excluding hydrogens is 395 g/mol. The van der Waals surface area contributed by atoms with Crippen LogP contribution in [0.1, 0.15) is 17.3 Å². The molecule has 0 aliphatic heterocycles. The molecule has 1 heterocycles. The number of halogens is 2. The number of carbonyl (C=O) groups excluding carboxylic acids is 1. The molecule has 0 saturated carbocycles. The molecule has 24 heavy (non-hydrogen) atoms. The lowest BCUT2D eigenvalue weighted by molar-refractivity contribution is 0.0993. The van der Waals surface area contributed by atoms with Gasteiger partial charge in [0.25, 0.3) is 5.22 Å². The highest BCUT2D eigenvalue weighted by Crippen LogP contribution is 2.31. The van der Waals surface area contributed by atoms with Gasteiger partial charge in [0.15, 0.2) is 5.78 Å². The Bertz CT molecular complexity index is 867. The largest absolute Gasteiger partial charge is 0.411 e. The third kappa shape index (κ3) is 3.73. The summed E-state index contributed by atoms with van der Waals surface area (Å²) < 4.78 is 19.4. The zero-order valence-corrected chi connectivity index (χ0v) is 15.0. The highest BCUT2D eigenvalue weighted by Gasteiger charge is 2.20. The number of Topliss-reactive ketones (excluding diaryl/α,β-unsaturated/α-hetero) is 1. The van der Waals surface area contributed by atoms with Crippen LogP contribution in [0, 0.1) is 5.82 Å². The highest BCUT2D eigenvalue weighted by molar-refractivity contribution is 9.10. The number of aromatic nitrogens is 2. The van der Waals surface area contributed by atoms with Gasteiger partial charge < -0.3 is 4.42 Å². The number of benzene rings is 2. The quantitative estimate of drug-likeness (QED) is 0.440. The number of nitrogens with zero attached hydrogens (tertiary/aromatic N) is 2. The molecule has 0 unspecified atom stereocenters. The molecule has 0 amide bonds. The number of ketones is 1. The van der Waals surface area contributed by atoms with Crippen LogP contribution in [-0.4, -0.2) is 21.2 Å². The van der Waals surface area contributed by atoms with Gasteiger partial charge in [0, 0.05) is 10.0 Å². The summed E-state index contributed by atoms with van der Waals surface area (Å²) in [6, 6.07) is 13.0. The van der Waals surface area contributed by atoms with Crippen molar-refractivity contribution in [1.29, 1.82) is 0 Å². The lowest BCUT2D eigenvalue weighted by Crippen LogP contribution is -2.13. The smallest absolute Gasteiger partial charge is 0.277 e. The molecule has 2 aromatic carbocycles. The van der Waals surface area contributed by atoms with Crippen LogP contribution in [0.15, 0.2) is 62.6 Å². The normalized spacial score (nSPS) is 12.1. The van der Waals surface area contributed by atoms with Gasteiger partial charge >= 0.3 is 0 Å². The second kappa shape index (κ2) is 7.27. The van der Waals surface area contributed by atoms with E-state index in [0.29, 0.717) is 16.7 Å². The van der Waals surface area contributed by atoms with Crippen molar-refractivity contribution in [1.82, 2.24) is 10.2 Å². The molecule has 0 aliphatic carbocycles. The minimum Gasteiger partial charge on any atom is -0.411 e. The van der Waals surface area contributed by atoms with Gasteiger partial charge in [0.1, 0.15) is 5.82 Å². The molecular formula is C17H12BrFN2O2S. The van der Waals surface area contributed by atoms with Gasteiger partial charge in [0.2, 0.25) is 5.89 Å². The van der Waals surface area contributed by atoms with E-state index in [2.05, 4.69) is 26.1 Å². The van der Waals surface area contributed by atoms with Gasteiger partial charge in [-0.15, -0.1) is 10.2 Å². The van der Waals surface area contributed by atoms with E-state index in [9.17, 15) is 9.18 Å². The van der Waals surface area contributed by atoms with E-state index >= 15 is 0 Å². The van der Waals surface area contributed by atoms with Crippen molar-refractivity contribution in [3.63, 3.8) is 0 Å². The molecule has 0 fully saturated rings. The van der Waals surface area contributed by atoms with Gasteiger partial charge in [-0.25, -0.2) is 4.39 Å². The second-order valence-electron chi connectivity index (χ2n) is 4.98. The summed E-state index contributed by atoms with van der Waals surface area (Å²) in [5, 5.41) is 7.87. The van der Waals surface area contributed by atoms with Crippen LogP contribution in [0.5, 0.6) is 0 Å². The van der Waals surface area contributed by atoms with Crippen molar-refractivity contribution in [3.8, 4) is 11.5 Å². The summed E-state index contributed by atoms with van der Waals surface area (Å²) in [6.07, 6.45) is 0. The van der Waals surface area contributed by atoms with E-state index in [1.54, 1.807) is 6.92 Å². The Balaban J connectivity index is 1.73. The summed E-state index contributed by atoms with van der Waals surface area (Å²) in [5.41, 5.74) is 1.23. The minimum absolute atomic E-state index is 0.124. The number of thioether (sulfide) groups is 1. The fraction of sp³-hybridized carbons (Fsp3) is 0.118. The predicted molar refractivity (Wildman–Crippen MR) is 93.5 cm³/mol.